The van der Waals surface area contributed by atoms with Crippen molar-refractivity contribution in [2.45, 2.75) is 50.1 Å². The van der Waals surface area contributed by atoms with Gasteiger partial charge < -0.3 is 4.90 Å². The highest BCUT2D eigenvalue weighted by Gasteiger charge is 2.33. The van der Waals surface area contributed by atoms with Gasteiger partial charge >= 0.3 is 0 Å². The van der Waals surface area contributed by atoms with E-state index in [1.165, 1.54) is 5.56 Å². The van der Waals surface area contributed by atoms with E-state index in [1.54, 1.807) is 16.4 Å². The molecule has 0 aliphatic carbocycles. The highest BCUT2D eigenvalue weighted by Crippen LogP contribution is 2.26. The lowest BCUT2D eigenvalue weighted by atomic mass is 10.1. The van der Waals surface area contributed by atoms with E-state index in [1.807, 2.05) is 42.5 Å². The highest BCUT2D eigenvalue weighted by molar-refractivity contribution is 7.89. The first-order valence-corrected chi connectivity index (χ1v) is 11.3. The van der Waals surface area contributed by atoms with Gasteiger partial charge in [0, 0.05) is 19.1 Å². The van der Waals surface area contributed by atoms with Crippen LogP contribution >= 0.6 is 0 Å². The van der Waals surface area contributed by atoms with Gasteiger partial charge in [-0.3, -0.25) is 0 Å². The fourth-order valence-electron chi connectivity index (χ4n) is 3.80. The first-order valence-electron chi connectivity index (χ1n) is 9.84. The van der Waals surface area contributed by atoms with E-state index in [0.717, 1.165) is 44.3 Å². The summed E-state index contributed by atoms with van der Waals surface area (Å²) in [4.78, 5) is 2.62. The Bertz CT molecular complexity index is 819. The lowest BCUT2D eigenvalue weighted by Gasteiger charge is -2.37. The molecule has 0 radical (unpaired) electrons. The summed E-state index contributed by atoms with van der Waals surface area (Å²) in [5.74, 6) is 0. The second kappa shape index (κ2) is 9.00. The molecule has 0 saturated carbocycles. The average Bonchev–Trinajstić information content (AvgIpc) is 2.67. The number of hydrogen-bond acceptors (Lipinski definition) is 3. The molecule has 0 N–H and O–H groups in total. The summed E-state index contributed by atoms with van der Waals surface area (Å²) >= 11 is 0. The molecule has 0 spiro atoms. The van der Waals surface area contributed by atoms with E-state index < -0.39 is 10.0 Å². The molecule has 2 aromatic rings. The van der Waals surface area contributed by atoms with Crippen molar-refractivity contribution in [3.8, 4) is 0 Å². The molecule has 1 saturated heterocycles. The fraction of sp³-hybridized carbons (Fsp3) is 0.455. The third-order valence-corrected chi connectivity index (χ3v) is 7.17. The lowest BCUT2D eigenvalue weighted by Crippen LogP contribution is -2.48. The van der Waals surface area contributed by atoms with Gasteiger partial charge in [0.15, 0.2) is 0 Å². The molecular weight excluding hydrogens is 356 g/mol. The molecule has 2 aromatic carbocycles. The summed E-state index contributed by atoms with van der Waals surface area (Å²) in [6, 6.07) is 17.3. The van der Waals surface area contributed by atoms with Gasteiger partial charge in [0.05, 0.1) is 4.90 Å². The van der Waals surface area contributed by atoms with Gasteiger partial charge in [-0.05, 0) is 56.1 Å². The SMILES string of the molecule is CCCc1ccc(S(=O)(=O)N(Cc2ccccc2)C2CCCN(C)C2)cc1. The zero-order valence-electron chi connectivity index (χ0n) is 16.3. The number of aryl methyl sites for hydroxylation is 1. The Kier molecular flexibility index (Phi) is 6.68. The summed E-state index contributed by atoms with van der Waals surface area (Å²) in [6.45, 7) is 4.35. The van der Waals surface area contributed by atoms with Gasteiger partial charge in [-0.1, -0.05) is 55.8 Å². The number of piperidine rings is 1. The van der Waals surface area contributed by atoms with Crippen LogP contribution in [0.25, 0.3) is 0 Å². The van der Waals surface area contributed by atoms with Crippen LogP contribution in [-0.4, -0.2) is 43.8 Å². The predicted octanol–water partition coefficient (Wildman–Crippen LogP) is 3.92. The maximum absolute atomic E-state index is 13.5. The molecular formula is C22H30N2O2S. The van der Waals surface area contributed by atoms with Crippen molar-refractivity contribution in [2.75, 3.05) is 20.1 Å². The quantitative estimate of drug-likeness (QED) is 0.724. The third-order valence-electron chi connectivity index (χ3n) is 5.26. The largest absolute Gasteiger partial charge is 0.305 e. The van der Waals surface area contributed by atoms with Crippen LogP contribution in [-0.2, 0) is 23.0 Å². The van der Waals surface area contributed by atoms with Gasteiger partial charge in [-0.2, -0.15) is 4.31 Å². The second-order valence-corrected chi connectivity index (χ2v) is 9.38. The smallest absolute Gasteiger partial charge is 0.243 e. The van der Waals surface area contributed by atoms with Gasteiger partial charge in [0.1, 0.15) is 0 Å². The number of benzene rings is 2. The van der Waals surface area contributed by atoms with Crippen molar-refractivity contribution in [1.82, 2.24) is 9.21 Å². The molecule has 3 rings (SSSR count). The van der Waals surface area contributed by atoms with E-state index in [-0.39, 0.29) is 6.04 Å². The molecule has 1 aliphatic heterocycles. The summed E-state index contributed by atoms with van der Waals surface area (Å²) in [5, 5.41) is 0. The molecule has 1 unspecified atom stereocenters. The number of nitrogens with zero attached hydrogens (tertiary/aromatic N) is 2. The molecule has 1 fully saturated rings. The Hall–Kier alpha value is -1.69. The maximum atomic E-state index is 13.5. The Labute approximate surface area is 163 Å². The van der Waals surface area contributed by atoms with Crippen LogP contribution < -0.4 is 0 Å². The number of rotatable bonds is 7. The minimum atomic E-state index is -3.55. The van der Waals surface area contributed by atoms with Gasteiger partial charge in [-0.25, -0.2) is 8.42 Å². The molecule has 5 heteroatoms. The van der Waals surface area contributed by atoms with E-state index >= 15 is 0 Å². The molecule has 1 atom stereocenters. The van der Waals surface area contributed by atoms with Gasteiger partial charge in [0.2, 0.25) is 10.0 Å². The maximum Gasteiger partial charge on any atom is 0.243 e. The summed E-state index contributed by atoms with van der Waals surface area (Å²) in [6.07, 6.45) is 3.96. The molecule has 146 valence electrons. The topological polar surface area (TPSA) is 40.6 Å². The van der Waals surface area contributed by atoms with Crippen molar-refractivity contribution in [1.29, 1.82) is 0 Å². The first-order chi connectivity index (χ1) is 13.0. The van der Waals surface area contributed by atoms with Crippen LogP contribution in [0.3, 0.4) is 0 Å². The van der Waals surface area contributed by atoms with Crippen molar-refractivity contribution in [3.63, 3.8) is 0 Å². The van der Waals surface area contributed by atoms with Crippen molar-refractivity contribution in [3.05, 3.63) is 65.7 Å². The fourth-order valence-corrected chi connectivity index (χ4v) is 5.43. The number of hydrogen-bond donors (Lipinski definition) is 0. The predicted molar refractivity (Wildman–Crippen MR) is 110 cm³/mol. The number of likely N-dealkylation sites (tertiary alicyclic amines) is 1. The van der Waals surface area contributed by atoms with Crippen LogP contribution in [0.15, 0.2) is 59.5 Å². The first kappa shape index (κ1) is 20.1. The normalized spacial score (nSPS) is 18.7. The van der Waals surface area contributed by atoms with Crippen molar-refractivity contribution < 1.29 is 8.42 Å². The van der Waals surface area contributed by atoms with Crippen LogP contribution in [0.1, 0.15) is 37.3 Å². The van der Waals surface area contributed by atoms with Crippen molar-refractivity contribution >= 4 is 10.0 Å². The summed E-state index contributed by atoms with van der Waals surface area (Å²) < 4.78 is 28.8. The second-order valence-electron chi connectivity index (χ2n) is 7.49. The standard InChI is InChI=1S/C22H30N2O2S/c1-3-8-19-12-14-22(15-13-19)27(25,26)24(17-20-9-5-4-6-10-20)21-11-7-16-23(2)18-21/h4-6,9-10,12-15,21H,3,7-8,11,16-18H2,1-2H3. The molecule has 0 bridgehead atoms. The summed E-state index contributed by atoms with van der Waals surface area (Å²) in [5.41, 5.74) is 2.21. The Morgan fingerprint density at radius 3 is 2.37 bits per heavy atom. The zero-order chi connectivity index (χ0) is 19.3. The van der Waals surface area contributed by atoms with Crippen LogP contribution in [0.4, 0.5) is 0 Å². The minimum absolute atomic E-state index is 0.00396. The number of sulfonamides is 1. The van der Waals surface area contributed by atoms with E-state index in [4.69, 9.17) is 0 Å². The summed E-state index contributed by atoms with van der Waals surface area (Å²) in [7, 11) is -1.48. The van der Waals surface area contributed by atoms with Crippen molar-refractivity contribution in [2.24, 2.45) is 0 Å². The third kappa shape index (κ3) is 4.98. The molecule has 0 amide bonds. The average molecular weight is 387 g/mol. The van der Waals surface area contributed by atoms with Gasteiger partial charge in [-0.15, -0.1) is 0 Å². The molecule has 1 heterocycles. The molecule has 4 nitrogen and oxygen atoms in total. The van der Waals surface area contributed by atoms with Crippen LogP contribution in [0.5, 0.6) is 0 Å². The number of likely N-dealkylation sites (N-methyl/N-ethyl adjacent to an activating group) is 1. The Morgan fingerprint density at radius 1 is 1.04 bits per heavy atom. The highest BCUT2D eigenvalue weighted by atomic mass is 32.2. The van der Waals surface area contributed by atoms with E-state index in [2.05, 4.69) is 18.9 Å². The molecule has 0 aromatic heterocycles. The Morgan fingerprint density at radius 2 is 1.74 bits per heavy atom. The van der Waals surface area contributed by atoms with E-state index in [0.29, 0.717) is 11.4 Å². The van der Waals surface area contributed by atoms with Crippen LogP contribution in [0, 0.1) is 0 Å². The van der Waals surface area contributed by atoms with Gasteiger partial charge in [0.25, 0.3) is 0 Å². The molecule has 27 heavy (non-hydrogen) atoms. The van der Waals surface area contributed by atoms with Crippen LogP contribution in [0.2, 0.25) is 0 Å². The Balaban J connectivity index is 1.92. The monoisotopic (exact) mass is 386 g/mol. The minimum Gasteiger partial charge on any atom is -0.305 e. The molecule has 1 aliphatic rings. The zero-order valence-corrected chi connectivity index (χ0v) is 17.2. The lowest BCUT2D eigenvalue weighted by molar-refractivity contribution is 0.169. The van der Waals surface area contributed by atoms with E-state index in [9.17, 15) is 8.42 Å².